The number of aryl methyl sites for hydroxylation is 1. The maximum absolute atomic E-state index is 13.2. The van der Waals surface area contributed by atoms with Crippen LogP contribution in [0.3, 0.4) is 0 Å². The van der Waals surface area contributed by atoms with Crippen LogP contribution in [0.1, 0.15) is 22.7 Å². The zero-order valence-electron chi connectivity index (χ0n) is 15.0. The number of piperazine rings is 1. The maximum Gasteiger partial charge on any atom is 0.254 e. The highest BCUT2D eigenvalue weighted by atomic mass is 16.5. The van der Waals surface area contributed by atoms with E-state index in [1.54, 1.807) is 24.0 Å². The van der Waals surface area contributed by atoms with Crippen molar-refractivity contribution in [1.29, 1.82) is 0 Å². The predicted molar refractivity (Wildman–Crippen MR) is 92.1 cm³/mol. The molecule has 2 amide bonds. The molecule has 2 aromatic rings. The van der Waals surface area contributed by atoms with Crippen LogP contribution >= 0.6 is 0 Å². The molecule has 2 unspecified atom stereocenters. The number of aromatic nitrogens is 1. The smallest absolute Gasteiger partial charge is 0.254 e. The molecular formula is C18H21N3O5. The fourth-order valence-corrected chi connectivity index (χ4v) is 3.70. The van der Waals surface area contributed by atoms with E-state index in [1.165, 1.54) is 14.2 Å². The Morgan fingerprint density at radius 1 is 1.38 bits per heavy atom. The number of rotatable bonds is 4. The van der Waals surface area contributed by atoms with Crippen molar-refractivity contribution in [3.63, 3.8) is 0 Å². The lowest BCUT2D eigenvalue weighted by Gasteiger charge is -2.51. The summed E-state index contributed by atoms with van der Waals surface area (Å²) in [5.41, 5.74) is 1.49. The first kappa shape index (κ1) is 16.8. The van der Waals surface area contributed by atoms with Crippen LogP contribution in [0.4, 0.5) is 0 Å². The molecule has 0 N–H and O–H groups in total. The third-order valence-electron chi connectivity index (χ3n) is 5.11. The van der Waals surface area contributed by atoms with Gasteiger partial charge in [0.1, 0.15) is 11.6 Å². The molecule has 0 spiro atoms. The topological polar surface area (TPSA) is 85.1 Å². The largest absolute Gasteiger partial charge is 0.493 e. The van der Waals surface area contributed by atoms with Crippen molar-refractivity contribution < 1.29 is 23.5 Å². The van der Waals surface area contributed by atoms with E-state index in [9.17, 15) is 9.59 Å². The van der Waals surface area contributed by atoms with Gasteiger partial charge in [-0.25, -0.2) is 4.98 Å². The second-order valence-corrected chi connectivity index (χ2v) is 6.66. The molecule has 2 aliphatic heterocycles. The molecule has 0 bridgehead atoms. The van der Waals surface area contributed by atoms with Crippen molar-refractivity contribution in [3.05, 3.63) is 23.6 Å². The van der Waals surface area contributed by atoms with E-state index in [2.05, 4.69) is 4.98 Å². The first-order valence-electron chi connectivity index (χ1n) is 8.59. The second kappa shape index (κ2) is 6.28. The molecule has 1 aromatic heterocycles. The minimum atomic E-state index is -0.607. The lowest BCUT2D eigenvalue weighted by Crippen LogP contribution is -2.69. The number of ether oxygens (including phenoxy) is 2. The summed E-state index contributed by atoms with van der Waals surface area (Å²) in [7, 11) is 3.05. The SMILES string of the molecule is COCC1C(=O)N2CCC2CN1C(=O)c1cc(OC)c2oc(C)nc2c1. The number of hydrogen-bond acceptors (Lipinski definition) is 6. The zero-order valence-corrected chi connectivity index (χ0v) is 15.0. The summed E-state index contributed by atoms with van der Waals surface area (Å²) in [6.07, 6.45) is 0.917. The number of carbonyl (C=O) groups is 2. The summed E-state index contributed by atoms with van der Waals surface area (Å²) in [5.74, 6) is 0.669. The number of hydrogen-bond donors (Lipinski definition) is 0. The monoisotopic (exact) mass is 359 g/mol. The standard InChI is InChI=1S/C18H21N3O5/c1-10-19-13-6-11(7-15(25-3)16(13)26-10)17(22)21-8-12-4-5-20(12)18(23)14(21)9-24-2/h6-7,12,14H,4-5,8-9H2,1-3H3. The van der Waals surface area contributed by atoms with Crippen LogP contribution in [0.2, 0.25) is 0 Å². The minimum Gasteiger partial charge on any atom is -0.493 e. The molecule has 2 aliphatic rings. The predicted octanol–water partition coefficient (Wildman–Crippen LogP) is 1.22. The van der Waals surface area contributed by atoms with Gasteiger partial charge in [0.15, 0.2) is 17.2 Å². The fraction of sp³-hybridized carbons (Fsp3) is 0.500. The molecule has 1 aromatic carbocycles. The number of methoxy groups -OCH3 is 2. The Morgan fingerprint density at radius 3 is 2.85 bits per heavy atom. The molecular weight excluding hydrogens is 338 g/mol. The maximum atomic E-state index is 13.2. The number of oxazole rings is 1. The minimum absolute atomic E-state index is 0.0481. The van der Waals surface area contributed by atoms with Gasteiger partial charge in [-0.15, -0.1) is 0 Å². The van der Waals surface area contributed by atoms with Crippen molar-refractivity contribution in [2.75, 3.05) is 33.9 Å². The van der Waals surface area contributed by atoms with Gasteiger partial charge >= 0.3 is 0 Å². The summed E-state index contributed by atoms with van der Waals surface area (Å²) >= 11 is 0. The lowest BCUT2D eigenvalue weighted by atomic mass is 9.95. The highest BCUT2D eigenvalue weighted by Gasteiger charge is 2.46. The molecule has 2 fully saturated rings. The average Bonchev–Trinajstić information content (AvgIpc) is 2.97. The lowest BCUT2D eigenvalue weighted by molar-refractivity contribution is -0.154. The molecule has 8 heteroatoms. The van der Waals surface area contributed by atoms with Crippen LogP contribution in [-0.2, 0) is 9.53 Å². The molecule has 0 radical (unpaired) electrons. The van der Waals surface area contributed by atoms with E-state index in [0.717, 1.165) is 13.0 Å². The van der Waals surface area contributed by atoms with Gasteiger partial charge in [0.25, 0.3) is 5.91 Å². The van der Waals surface area contributed by atoms with Crippen LogP contribution in [0.15, 0.2) is 16.5 Å². The van der Waals surface area contributed by atoms with E-state index in [4.69, 9.17) is 13.9 Å². The van der Waals surface area contributed by atoms with Crippen molar-refractivity contribution in [3.8, 4) is 5.75 Å². The number of amides is 2. The number of benzene rings is 1. The molecule has 138 valence electrons. The van der Waals surface area contributed by atoms with Crippen molar-refractivity contribution in [1.82, 2.24) is 14.8 Å². The van der Waals surface area contributed by atoms with Gasteiger partial charge in [-0.05, 0) is 18.6 Å². The van der Waals surface area contributed by atoms with Gasteiger partial charge in [-0.2, -0.15) is 0 Å². The van der Waals surface area contributed by atoms with Crippen LogP contribution < -0.4 is 4.74 Å². The molecule has 8 nitrogen and oxygen atoms in total. The van der Waals surface area contributed by atoms with E-state index in [0.29, 0.717) is 34.8 Å². The van der Waals surface area contributed by atoms with E-state index in [1.807, 2.05) is 4.90 Å². The molecule has 0 saturated carbocycles. The zero-order chi connectivity index (χ0) is 18.4. The highest BCUT2D eigenvalue weighted by Crippen LogP contribution is 2.31. The Balaban J connectivity index is 1.71. The Morgan fingerprint density at radius 2 is 2.19 bits per heavy atom. The summed E-state index contributed by atoms with van der Waals surface area (Å²) in [5, 5.41) is 0. The van der Waals surface area contributed by atoms with E-state index in [-0.39, 0.29) is 24.5 Å². The Labute approximate surface area is 150 Å². The summed E-state index contributed by atoms with van der Waals surface area (Å²) < 4.78 is 16.1. The quantitative estimate of drug-likeness (QED) is 0.816. The number of fused-ring (bicyclic) bond motifs is 2. The Bertz CT molecular complexity index is 877. The third-order valence-corrected chi connectivity index (χ3v) is 5.11. The van der Waals surface area contributed by atoms with Gasteiger partial charge in [-0.3, -0.25) is 9.59 Å². The third kappa shape index (κ3) is 2.52. The van der Waals surface area contributed by atoms with Crippen molar-refractivity contribution in [2.45, 2.75) is 25.4 Å². The highest BCUT2D eigenvalue weighted by molar-refractivity contribution is 6.01. The fourth-order valence-electron chi connectivity index (χ4n) is 3.70. The average molecular weight is 359 g/mol. The van der Waals surface area contributed by atoms with Gasteiger partial charge in [0, 0.05) is 32.7 Å². The normalized spacial score (nSPS) is 22.3. The number of carbonyl (C=O) groups excluding carboxylic acids is 2. The first-order valence-corrected chi connectivity index (χ1v) is 8.59. The Kier molecular flexibility index (Phi) is 4.07. The molecule has 2 atom stereocenters. The molecule has 2 saturated heterocycles. The first-order chi connectivity index (χ1) is 12.5. The van der Waals surface area contributed by atoms with Gasteiger partial charge in [0.05, 0.1) is 19.8 Å². The number of nitrogens with zero attached hydrogens (tertiary/aromatic N) is 3. The molecule has 0 aliphatic carbocycles. The summed E-state index contributed by atoms with van der Waals surface area (Å²) in [4.78, 5) is 33.6. The summed E-state index contributed by atoms with van der Waals surface area (Å²) in [6, 6.07) is 2.80. The van der Waals surface area contributed by atoms with E-state index >= 15 is 0 Å². The Hall–Kier alpha value is -2.61. The summed E-state index contributed by atoms with van der Waals surface area (Å²) in [6.45, 7) is 3.18. The van der Waals surface area contributed by atoms with Crippen LogP contribution in [0.25, 0.3) is 11.1 Å². The van der Waals surface area contributed by atoms with Crippen molar-refractivity contribution >= 4 is 22.9 Å². The van der Waals surface area contributed by atoms with Crippen molar-refractivity contribution in [2.24, 2.45) is 0 Å². The van der Waals surface area contributed by atoms with Gasteiger partial charge < -0.3 is 23.7 Å². The van der Waals surface area contributed by atoms with Gasteiger partial charge in [0.2, 0.25) is 5.91 Å². The van der Waals surface area contributed by atoms with Crippen LogP contribution in [0.5, 0.6) is 5.75 Å². The van der Waals surface area contributed by atoms with E-state index < -0.39 is 6.04 Å². The van der Waals surface area contributed by atoms with Gasteiger partial charge in [-0.1, -0.05) is 0 Å². The van der Waals surface area contributed by atoms with Crippen LogP contribution in [0, 0.1) is 6.92 Å². The second-order valence-electron chi connectivity index (χ2n) is 6.66. The van der Waals surface area contributed by atoms with Crippen LogP contribution in [-0.4, -0.2) is 72.6 Å². The molecule has 4 rings (SSSR count). The molecule has 26 heavy (non-hydrogen) atoms. The molecule has 3 heterocycles.